The van der Waals surface area contributed by atoms with Crippen molar-refractivity contribution in [1.29, 1.82) is 0 Å². The van der Waals surface area contributed by atoms with E-state index in [-0.39, 0.29) is 5.97 Å². The highest BCUT2D eigenvalue weighted by Crippen LogP contribution is 1.95. The first-order chi connectivity index (χ1) is 5.70. The van der Waals surface area contributed by atoms with Gasteiger partial charge in [0.15, 0.2) is 0 Å². The fourth-order valence-electron chi connectivity index (χ4n) is 0.589. The molecule has 0 aromatic rings. The van der Waals surface area contributed by atoms with Crippen molar-refractivity contribution in [2.24, 2.45) is 0 Å². The topological polar surface area (TPSA) is 35.5 Å². The Morgan fingerprint density at radius 1 is 1.67 bits per heavy atom. The lowest BCUT2D eigenvalue weighted by Crippen LogP contribution is -2.23. The zero-order valence-electron chi connectivity index (χ0n) is 7.63. The number of hydrogen-bond acceptors (Lipinski definition) is 3. The number of hydrogen-bond donors (Lipinski definition) is 0. The van der Waals surface area contributed by atoms with E-state index in [1.54, 1.807) is 5.70 Å². The molecule has 0 rings (SSSR count). The molecule has 3 nitrogen and oxygen atoms in total. The molecule has 0 saturated heterocycles. The predicted molar refractivity (Wildman–Crippen MR) is 48.6 cm³/mol. The third kappa shape index (κ3) is 6.12. The first-order valence-electron chi connectivity index (χ1n) is 4.01. The predicted octanol–water partition coefficient (Wildman–Crippen LogP) is 1.58. The van der Waals surface area contributed by atoms with Crippen molar-refractivity contribution in [2.75, 3.05) is 6.61 Å². The van der Waals surface area contributed by atoms with Gasteiger partial charge in [-0.2, -0.15) is 0 Å². The summed E-state index contributed by atoms with van der Waals surface area (Å²) in [6.45, 7) is 7.63. The summed E-state index contributed by atoms with van der Waals surface area (Å²) in [5.74, 6) is -0.305. The highest BCUT2D eigenvalue weighted by atomic mass is 28.3. The van der Waals surface area contributed by atoms with Gasteiger partial charge in [0.2, 0.25) is 0 Å². The van der Waals surface area contributed by atoms with Gasteiger partial charge in [0.05, 0.1) is 0 Å². The van der Waals surface area contributed by atoms with Gasteiger partial charge in [-0.25, -0.2) is 0 Å². The molecule has 4 heteroatoms. The zero-order chi connectivity index (χ0) is 9.40. The number of unbranched alkanes of at least 4 members (excludes halogenated alkanes) is 1. The van der Waals surface area contributed by atoms with Crippen LogP contribution < -0.4 is 0 Å². The highest BCUT2D eigenvalue weighted by Gasteiger charge is 2.13. The second-order valence-electron chi connectivity index (χ2n) is 2.32. The minimum absolute atomic E-state index is 0.305. The smallest absolute Gasteiger partial charge is 0.489 e. The average molecular weight is 187 g/mol. The van der Waals surface area contributed by atoms with Crippen molar-refractivity contribution < 1.29 is 13.6 Å². The maximum absolute atomic E-state index is 10.5. The lowest BCUT2D eigenvalue weighted by molar-refractivity contribution is -0.133. The molecule has 0 spiro atoms. The molecule has 12 heavy (non-hydrogen) atoms. The summed E-state index contributed by atoms with van der Waals surface area (Å²) in [6, 6.07) is 0. The molecule has 69 valence electrons. The van der Waals surface area contributed by atoms with Crippen molar-refractivity contribution in [2.45, 2.75) is 26.7 Å². The van der Waals surface area contributed by atoms with Crippen LogP contribution in [0.2, 0.25) is 0 Å². The minimum Gasteiger partial charge on any atom is -0.489 e. The molecule has 0 aliphatic carbocycles. The van der Waals surface area contributed by atoms with Gasteiger partial charge in [0.1, 0.15) is 0 Å². The van der Waals surface area contributed by atoms with Crippen molar-refractivity contribution in [3.63, 3.8) is 0 Å². The molecule has 0 fully saturated rings. The molecule has 0 bridgehead atoms. The SMILES string of the molecule is C=C[Si](OCCCC)OC(C)=O. The van der Waals surface area contributed by atoms with Gasteiger partial charge in [-0.3, -0.25) is 4.79 Å². The number of carbonyl (C=O) groups is 1. The molecule has 0 aliphatic heterocycles. The Balaban J connectivity index is 3.53. The Morgan fingerprint density at radius 3 is 2.75 bits per heavy atom. The summed E-state index contributed by atoms with van der Waals surface area (Å²) in [4.78, 5) is 10.5. The van der Waals surface area contributed by atoms with Crippen molar-refractivity contribution in [3.8, 4) is 0 Å². The van der Waals surface area contributed by atoms with Crippen molar-refractivity contribution in [1.82, 2.24) is 0 Å². The first kappa shape index (κ1) is 11.4. The molecule has 0 heterocycles. The Bertz CT molecular complexity index is 147. The van der Waals surface area contributed by atoms with E-state index in [4.69, 9.17) is 8.85 Å². The van der Waals surface area contributed by atoms with E-state index in [1.807, 2.05) is 0 Å². The summed E-state index contributed by atoms with van der Waals surface area (Å²) in [6.07, 6.45) is 2.07. The number of carbonyl (C=O) groups excluding carboxylic acids is 1. The first-order valence-corrected chi connectivity index (χ1v) is 5.40. The van der Waals surface area contributed by atoms with Gasteiger partial charge in [-0.1, -0.05) is 13.3 Å². The Hall–Kier alpha value is -0.613. The molecule has 0 aromatic heterocycles. The van der Waals surface area contributed by atoms with E-state index in [1.165, 1.54) is 6.92 Å². The molecule has 0 atom stereocenters. The zero-order valence-corrected chi connectivity index (χ0v) is 8.63. The molecule has 0 amide bonds. The second-order valence-corrected chi connectivity index (χ2v) is 3.86. The van der Waals surface area contributed by atoms with E-state index in [2.05, 4.69) is 13.5 Å². The lowest BCUT2D eigenvalue weighted by atomic mass is 10.4. The van der Waals surface area contributed by atoms with Crippen LogP contribution in [-0.2, 0) is 13.6 Å². The Labute approximate surface area is 75.2 Å². The maximum Gasteiger partial charge on any atom is 0.490 e. The van der Waals surface area contributed by atoms with Gasteiger partial charge < -0.3 is 8.85 Å². The van der Waals surface area contributed by atoms with Crippen molar-refractivity contribution in [3.05, 3.63) is 12.3 Å². The summed E-state index contributed by atoms with van der Waals surface area (Å²) in [7, 11) is -1.54. The molecule has 1 radical (unpaired) electrons. The quantitative estimate of drug-likeness (QED) is 0.468. The standard InChI is InChI=1S/C8H15O3Si/c1-4-6-7-10-12(5-2)11-8(3)9/h5H,2,4,6-7H2,1,3H3. The fraction of sp³-hybridized carbons (Fsp3) is 0.625. The van der Waals surface area contributed by atoms with Crippen LogP contribution in [0.3, 0.4) is 0 Å². The van der Waals surface area contributed by atoms with E-state index in [0.29, 0.717) is 6.61 Å². The Kier molecular flexibility index (Phi) is 6.70. The number of rotatable bonds is 6. The van der Waals surface area contributed by atoms with E-state index >= 15 is 0 Å². The third-order valence-corrected chi connectivity index (χ3v) is 2.46. The van der Waals surface area contributed by atoms with Gasteiger partial charge >= 0.3 is 9.28 Å². The molecule has 0 saturated carbocycles. The molecule has 0 unspecified atom stereocenters. The van der Waals surface area contributed by atoms with Crippen LogP contribution in [0.25, 0.3) is 0 Å². The van der Waals surface area contributed by atoms with Crippen molar-refractivity contribution >= 4 is 15.3 Å². The summed E-state index contributed by atoms with van der Waals surface area (Å²) in [5, 5.41) is 0. The van der Waals surface area contributed by atoms with Crippen LogP contribution in [0, 0.1) is 0 Å². The van der Waals surface area contributed by atoms with Gasteiger partial charge in [0, 0.05) is 13.5 Å². The second kappa shape index (κ2) is 7.06. The normalized spacial score (nSPS) is 9.92. The molecular weight excluding hydrogens is 172 g/mol. The summed E-state index contributed by atoms with van der Waals surface area (Å²) < 4.78 is 10.2. The summed E-state index contributed by atoms with van der Waals surface area (Å²) in [5.41, 5.74) is 1.57. The fourth-order valence-corrected chi connectivity index (χ4v) is 1.48. The molecule has 0 N–H and O–H groups in total. The highest BCUT2D eigenvalue weighted by molar-refractivity contribution is 6.52. The van der Waals surface area contributed by atoms with Crippen LogP contribution in [0.4, 0.5) is 0 Å². The van der Waals surface area contributed by atoms with Crippen LogP contribution in [0.5, 0.6) is 0 Å². The van der Waals surface area contributed by atoms with Gasteiger partial charge in [0.25, 0.3) is 5.97 Å². The van der Waals surface area contributed by atoms with E-state index < -0.39 is 9.28 Å². The van der Waals surface area contributed by atoms with E-state index in [0.717, 1.165) is 12.8 Å². The molecule has 0 aromatic carbocycles. The largest absolute Gasteiger partial charge is 0.490 e. The van der Waals surface area contributed by atoms with Crippen LogP contribution in [0.1, 0.15) is 26.7 Å². The summed E-state index contributed by atoms with van der Waals surface area (Å²) >= 11 is 0. The van der Waals surface area contributed by atoms with Gasteiger partial charge in [-0.15, -0.1) is 6.58 Å². The van der Waals surface area contributed by atoms with Crippen LogP contribution in [-0.4, -0.2) is 21.9 Å². The van der Waals surface area contributed by atoms with Gasteiger partial charge in [-0.05, 0) is 12.1 Å². The monoisotopic (exact) mass is 187 g/mol. The van der Waals surface area contributed by atoms with Crippen LogP contribution >= 0.6 is 0 Å². The van der Waals surface area contributed by atoms with E-state index in [9.17, 15) is 4.79 Å². The lowest BCUT2D eigenvalue weighted by Gasteiger charge is -2.08. The maximum atomic E-state index is 10.5. The average Bonchev–Trinajstić information content (AvgIpc) is 2.02. The Morgan fingerprint density at radius 2 is 2.33 bits per heavy atom. The molecule has 0 aliphatic rings. The third-order valence-electron chi connectivity index (χ3n) is 1.15. The van der Waals surface area contributed by atoms with Crippen LogP contribution in [0.15, 0.2) is 12.3 Å². The molecular formula is C8H15O3Si. The minimum atomic E-state index is -1.54.